The van der Waals surface area contributed by atoms with E-state index in [1.165, 1.54) is 141 Å². The van der Waals surface area contributed by atoms with Crippen molar-refractivity contribution < 1.29 is 0 Å². The molecule has 0 aromatic rings. The summed E-state index contributed by atoms with van der Waals surface area (Å²) in [4.78, 5) is 0. The summed E-state index contributed by atoms with van der Waals surface area (Å²) in [5.74, 6) is 0. The number of hydrogen-bond donors (Lipinski definition) is 0. The SMILES string of the molecule is CCCCCCCCCP(I)(CCCCCC)(CCCCCC)CCCCCCCCC. The number of unbranched alkanes of at least 4 members (excludes halogenated alkanes) is 18. The van der Waals surface area contributed by atoms with E-state index in [0.717, 1.165) is 0 Å². The molecule has 0 spiro atoms. The Balaban J connectivity index is 4.88. The summed E-state index contributed by atoms with van der Waals surface area (Å²) in [5.41, 5.74) is 0. The fraction of sp³-hybridized carbons (Fsp3) is 1.00. The summed E-state index contributed by atoms with van der Waals surface area (Å²) in [6.45, 7) is 9.40. The number of halogens is 1. The van der Waals surface area contributed by atoms with Crippen LogP contribution in [-0.4, -0.2) is 24.6 Å². The molecule has 0 saturated carbocycles. The van der Waals surface area contributed by atoms with Crippen molar-refractivity contribution in [3.63, 3.8) is 0 Å². The molecule has 0 heterocycles. The molecule has 0 aromatic carbocycles. The summed E-state index contributed by atoms with van der Waals surface area (Å²) in [5, 5.41) is 0. The van der Waals surface area contributed by atoms with Gasteiger partial charge in [0.25, 0.3) is 0 Å². The molecule has 0 unspecified atom stereocenters. The van der Waals surface area contributed by atoms with Gasteiger partial charge in [-0.2, -0.15) is 0 Å². The van der Waals surface area contributed by atoms with Gasteiger partial charge in [-0.3, -0.25) is 0 Å². The third-order valence-corrected chi connectivity index (χ3v) is 19.3. The van der Waals surface area contributed by atoms with E-state index in [1.807, 2.05) is 0 Å². The zero-order chi connectivity index (χ0) is 23.8. The van der Waals surface area contributed by atoms with Crippen LogP contribution in [0.2, 0.25) is 0 Å². The predicted octanol–water partition coefficient (Wildman–Crippen LogP) is 12.6. The van der Waals surface area contributed by atoms with E-state index < -0.39 is 4.25 Å². The Labute approximate surface area is 219 Å². The molecular weight excluding hydrogens is 518 g/mol. The molecule has 2 heteroatoms. The van der Waals surface area contributed by atoms with E-state index in [4.69, 9.17) is 0 Å². The third-order valence-electron chi connectivity index (χ3n) is 7.78. The topological polar surface area (TPSA) is 0 Å². The van der Waals surface area contributed by atoms with Crippen LogP contribution >= 0.6 is 26.3 Å². The third kappa shape index (κ3) is 18.5. The first kappa shape index (κ1) is 33.2. The molecule has 196 valence electrons. The van der Waals surface area contributed by atoms with Crippen molar-refractivity contribution in [1.82, 2.24) is 0 Å². The Kier molecular flexibility index (Phi) is 23.4. The van der Waals surface area contributed by atoms with Crippen LogP contribution in [0, 0.1) is 0 Å². The second kappa shape index (κ2) is 22.6. The maximum atomic E-state index is 3.19. The molecular formula is C30H64IP. The van der Waals surface area contributed by atoms with Crippen molar-refractivity contribution >= 4 is 26.3 Å². The van der Waals surface area contributed by atoms with Crippen LogP contribution < -0.4 is 0 Å². The molecule has 0 aromatic heterocycles. The normalized spacial score (nSPS) is 13.3. The van der Waals surface area contributed by atoms with Crippen LogP contribution in [0.25, 0.3) is 0 Å². The fourth-order valence-electron chi connectivity index (χ4n) is 5.47. The van der Waals surface area contributed by atoms with Gasteiger partial charge in [-0.1, -0.05) is 0 Å². The fourth-order valence-corrected chi connectivity index (χ4v) is 15.0. The molecule has 0 amide bonds. The first-order valence-electron chi connectivity index (χ1n) is 15.3. The number of hydrogen-bond acceptors (Lipinski definition) is 0. The first-order chi connectivity index (χ1) is 15.5. The minimum atomic E-state index is -1.57. The molecule has 0 fully saturated rings. The van der Waals surface area contributed by atoms with E-state index in [0.29, 0.717) is 0 Å². The molecule has 0 radical (unpaired) electrons. The van der Waals surface area contributed by atoms with Crippen LogP contribution in [0.3, 0.4) is 0 Å². The average molecular weight is 583 g/mol. The van der Waals surface area contributed by atoms with Gasteiger partial charge in [-0.05, 0) is 0 Å². The van der Waals surface area contributed by atoms with Crippen LogP contribution in [0.15, 0.2) is 0 Å². The second-order valence-corrected chi connectivity index (χ2v) is 24.7. The van der Waals surface area contributed by atoms with Gasteiger partial charge in [-0.25, -0.2) is 0 Å². The van der Waals surface area contributed by atoms with Gasteiger partial charge in [0.1, 0.15) is 0 Å². The first-order valence-corrected chi connectivity index (χ1v) is 21.0. The zero-order valence-corrected chi connectivity index (χ0v) is 26.3. The van der Waals surface area contributed by atoms with Crippen molar-refractivity contribution in [1.29, 1.82) is 0 Å². The van der Waals surface area contributed by atoms with Gasteiger partial charge in [0, 0.05) is 0 Å². The summed E-state index contributed by atoms with van der Waals surface area (Å²) < 4.78 is -1.57. The summed E-state index contributed by atoms with van der Waals surface area (Å²) in [7, 11) is 0. The Morgan fingerprint density at radius 1 is 0.312 bits per heavy atom. The van der Waals surface area contributed by atoms with Crippen LogP contribution in [0.4, 0.5) is 0 Å². The van der Waals surface area contributed by atoms with Crippen molar-refractivity contribution in [2.24, 2.45) is 0 Å². The van der Waals surface area contributed by atoms with Crippen LogP contribution in [0.1, 0.15) is 169 Å². The van der Waals surface area contributed by atoms with Gasteiger partial charge < -0.3 is 0 Å². The van der Waals surface area contributed by atoms with Crippen molar-refractivity contribution in [2.45, 2.75) is 169 Å². The summed E-state index contributed by atoms with van der Waals surface area (Å²) in [6.07, 6.45) is 38.7. The molecule has 0 nitrogen and oxygen atoms in total. The molecule has 0 N–H and O–H groups in total. The molecule has 0 bridgehead atoms. The Morgan fingerprint density at radius 3 is 0.750 bits per heavy atom. The van der Waals surface area contributed by atoms with Gasteiger partial charge >= 0.3 is 220 Å². The van der Waals surface area contributed by atoms with Crippen LogP contribution in [-0.2, 0) is 0 Å². The minimum absolute atomic E-state index is 1.37. The quantitative estimate of drug-likeness (QED) is 0.0541. The molecule has 0 saturated heterocycles. The Bertz CT molecular complexity index is 347. The van der Waals surface area contributed by atoms with Crippen molar-refractivity contribution in [3.05, 3.63) is 0 Å². The monoisotopic (exact) mass is 582 g/mol. The van der Waals surface area contributed by atoms with E-state index in [-0.39, 0.29) is 0 Å². The van der Waals surface area contributed by atoms with Gasteiger partial charge in [0.2, 0.25) is 0 Å². The molecule has 32 heavy (non-hydrogen) atoms. The summed E-state index contributed by atoms with van der Waals surface area (Å²) in [6, 6.07) is 0. The van der Waals surface area contributed by atoms with E-state index in [1.54, 1.807) is 24.6 Å². The molecule has 0 atom stereocenters. The van der Waals surface area contributed by atoms with Gasteiger partial charge in [0.05, 0.1) is 0 Å². The van der Waals surface area contributed by atoms with Gasteiger partial charge in [-0.15, -0.1) is 0 Å². The predicted molar refractivity (Wildman–Crippen MR) is 165 cm³/mol. The Hall–Kier alpha value is 1.16. The van der Waals surface area contributed by atoms with E-state index in [2.05, 4.69) is 49.7 Å². The average Bonchev–Trinajstić information content (AvgIpc) is 2.79. The van der Waals surface area contributed by atoms with Crippen molar-refractivity contribution in [3.8, 4) is 0 Å². The molecule has 0 rings (SSSR count). The molecule has 0 aliphatic heterocycles. The second-order valence-electron chi connectivity index (χ2n) is 11.1. The summed E-state index contributed by atoms with van der Waals surface area (Å²) >= 11 is 3.19. The van der Waals surface area contributed by atoms with Gasteiger partial charge in [0.15, 0.2) is 0 Å². The molecule has 0 aliphatic rings. The Morgan fingerprint density at radius 2 is 0.500 bits per heavy atom. The maximum absolute atomic E-state index is 3.19. The standard InChI is InChI=1S/C30H64IP/c1-5-9-13-17-19-21-25-29-32(31,27-23-15-11-7-3,28-24-16-12-8-4)30-26-22-20-18-14-10-6-2/h5-30H2,1-4H3. The number of rotatable bonds is 26. The van der Waals surface area contributed by atoms with Crippen LogP contribution in [0.5, 0.6) is 0 Å². The van der Waals surface area contributed by atoms with E-state index >= 15 is 0 Å². The van der Waals surface area contributed by atoms with E-state index in [9.17, 15) is 0 Å². The zero-order valence-electron chi connectivity index (χ0n) is 23.2. The molecule has 0 aliphatic carbocycles. The van der Waals surface area contributed by atoms with Crippen molar-refractivity contribution in [2.75, 3.05) is 24.6 Å².